The summed E-state index contributed by atoms with van der Waals surface area (Å²) in [7, 11) is -3.36. The van der Waals surface area contributed by atoms with Gasteiger partial charge >= 0.3 is 6.18 Å². The number of rotatable bonds is 3. The molecule has 0 aliphatic carbocycles. The highest BCUT2D eigenvalue weighted by molar-refractivity contribution is 8.13. The third kappa shape index (κ3) is 4.80. The number of nitrogens with zero attached hydrogens (tertiary/aromatic N) is 2. The third-order valence-electron chi connectivity index (χ3n) is 5.01. The number of anilines is 1. The smallest absolute Gasteiger partial charge is 0.313 e. The zero-order valence-corrected chi connectivity index (χ0v) is 19.4. The molecule has 2 heterocycles. The average Bonchev–Trinajstić information content (AvgIpc) is 3.11. The van der Waals surface area contributed by atoms with Crippen molar-refractivity contribution < 1.29 is 21.6 Å². The lowest BCUT2D eigenvalue weighted by molar-refractivity contribution is -0.137. The summed E-state index contributed by atoms with van der Waals surface area (Å²) in [5.41, 5.74) is -0.0330. The summed E-state index contributed by atoms with van der Waals surface area (Å²) in [4.78, 5) is 6.03. The Morgan fingerprint density at radius 1 is 1.06 bits per heavy atom. The van der Waals surface area contributed by atoms with Gasteiger partial charge in [-0.15, -0.1) is 0 Å². The number of hydrogen-bond donors (Lipinski definition) is 0. The van der Waals surface area contributed by atoms with Crippen molar-refractivity contribution >= 4 is 67.3 Å². The van der Waals surface area contributed by atoms with Crippen molar-refractivity contribution in [3.05, 3.63) is 62.6 Å². The van der Waals surface area contributed by atoms with Crippen LogP contribution in [0.1, 0.15) is 11.1 Å². The maximum absolute atomic E-state index is 13.3. The lowest BCUT2D eigenvalue weighted by Gasteiger charge is -2.28. The molecule has 1 fully saturated rings. The van der Waals surface area contributed by atoms with Crippen LogP contribution in [-0.2, 0) is 21.8 Å². The average molecular weight is 530 g/mol. The van der Waals surface area contributed by atoms with Crippen molar-refractivity contribution in [2.45, 2.75) is 24.0 Å². The standard InChI is InChI=1S/C19H14Cl3F3N2O2S2/c20-12-3-1-10(14(22)6-12)7-30-18-26-15-8-31(28,29)9-17(15)27(18)16-5-11(19(23,24)25)2-4-13(16)21/h1-6,15,17H,7-9H2/t15-,17+/m1/s1. The molecule has 2 aromatic carbocycles. The van der Waals surface area contributed by atoms with E-state index in [9.17, 15) is 21.6 Å². The van der Waals surface area contributed by atoms with Crippen LogP contribution in [0.2, 0.25) is 15.1 Å². The molecule has 0 radical (unpaired) electrons. The molecule has 4 nitrogen and oxygen atoms in total. The maximum Gasteiger partial charge on any atom is 0.416 e. The Morgan fingerprint density at radius 2 is 1.81 bits per heavy atom. The van der Waals surface area contributed by atoms with Crippen molar-refractivity contribution in [3.8, 4) is 0 Å². The van der Waals surface area contributed by atoms with Crippen LogP contribution in [0.25, 0.3) is 0 Å². The van der Waals surface area contributed by atoms with Gasteiger partial charge in [-0.3, -0.25) is 4.99 Å². The summed E-state index contributed by atoms with van der Waals surface area (Å²) < 4.78 is 64.2. The molecule has 0 bridgehead atoms. The third-order valence-corrected chi connectivity index (χ3v) is 8.63. The number of hydrogen-bond acceptors (Lipinski definition) is 5. The van der Waals surface area contributed by atoms with Gasteiger partial charge < -0.3 is 4.90 Å². The van der Waals surface area contributed by atoms with E-state index >= 15 is 0 Å². The van der Waals surface area contributed by atoms with E-state index in [-0.39, 0.29) is 22.2 Å². The van der Waals surface area contributed by atoms with Crippen LogP contribution in [0.15, 0.2) is 41.4 Å². The number of fused-ring (bicyclic) bond motifs is 1. The van der Waals surface area contributed by atoms with E-state index in [1.807, 2.05) is 0 Å². The van der Waals surface area contributed by atoms with Gasteiger partial charge in [-0.25, -0.2) is 8.42 Å². The molecule has 31 heavy (non-hydrogen) atoms. The SMILES string of the molecule is O=S1(=O)C[C@H]2N=C(SCc3ccc(Cl)cc3Cl)N(c3cc(C(F)(F)F)ccc3Cl)[C@H]2C1. The van der Waals surface area contributed by atoms with Crippen LogP contribution < -0.4 is 4.90 Å². The molecule has 166 valence electrons. The highest BCUT2D eigenvalue weighted by Gasteiger charge is 2.48. The Balaban J connectivity index is 1.70. The zero-order valence-electron chi connectivity index (χ0n) is 15.5. The Morgan fingerprint density at radius 3 is 2.48 bits per heavy atom. The molecule has 0 unspecified atom stereocenters. The fourth-order valence-corrected chi connectivity index (χ4v) is 7.30. The van der Waals surface area contributed by atoms with Gasteiger partial charge in [0.2, 0.25) is 0 Å². The Hall–Kier alpha value is -1.13. The second-order valence-corrected chi connectivity index (χ2v) is 11.5. The van der Waals surface area contributed by atoms with Gasteiger partial charge in [-0.2, -0.15) is 13.2 Å². The zero-order chi connectivity index (χ0) is 22.6. The summed E-state index contributed by atoms with van der Waals surface area (Å²) in [6.07, 6.45) is -4.57. The summed E-state index contributed by atoms with van der Waals surface area (Å²) >= 11 is 19.6. The molecule has 2 aliphatic heterocycles. The Bertz CT molecular complexity index is 1170. The minimum atomic E-state index is -4.57. The predicted molar refractivity (Wildman–Crippen MR) is 120 cm³/mol. The number of aliphatic imine (C=N–C) groups is 1. The number of benzene rings is 2. The van der Waals surface area contributed by atoms with E-state index in [2.05, 4.69) is 4.99 Å². The largest absolute Gasteiger partial charge is 0.416 e. The fourth-order valence-electron chi connectivity index (χ4n) is 3.57. The van der Waals surface area contributed by atoms with E-state index in [0.29, 0.717) is 21.0 Å². The lowest BCUT2D eigenvalue weighted by Crippen LogP contribution is -2.39. The first-order valence-electron chi connectivity index (χ1n) is 8.95. The fraction of sp³-hybridized carbons (Fsp3) is 0.316. The van der Waals surface area contributed by atoms with Gasteiger partial charge in [0.05, 0.1) is 39.9 Å². The summed E-state index contributed by atoms with van der Waals surface area (Å²) in [5, 5.41) is 1.41. The lowest BCUT2D eigenvalue weighted by atomic mass is 10.1. The summed E-state index contributed by atoms with van der Waals surface area (Å²) in [6.45, 7) is 0. The minimum Gasteiger partial charge on any atom is -0.313 e. The topological polar surface area (TPSA) is 49.7 Å². The van der Waals surface area contributed by atoms with Crippen LogP contribution >= 0.6 is 46.6 Å². The van der Waals surface area contributed by atoms with Gasteiger partial charge in [0.15, 0.2) is 15.0 Å². The first-order valence-corrected chi connectivity index (χ1v) is 12.9. The maximum atomic E-state index is 13.3. The second kappa shape index (κ2) is 8.33. The molecule has 0 saturated carbocycles. The van der Waals surface area contributed by atoms with Gasteiger partial charge in [0.25, 0.3) is 0 Å². The number of sulfone groups is 1. The first-order chi connectivity index (χ1) is 14.4. The first kappa shape index (κ1) is 23.0. The molecule has 0 amide bonds. The number of alkyl halides is 3. The highest BCUT2D eigenvalue weighted by Crippen LogP contribution is 2.42. The van der Waals surface area contributed by atoms with Crippen LogP contribution in [0, 0.1) is 0 Å². The van der Waals surface area contributed by atoms with Crippen molar-refractivity contribution in [3.63, 3.8) is 0 Å². The monoisotopic (exact) mass is 528 g/mol. The molecule has 0 aromatic heterocycles. The molecule has 1 saturated heterocycles. The quantitative estimate of drug-likeness (QED) is 0.494. The molecular formula is C19H14Cl3F3N2O2S2. The Kier molecular flexibility index (Phi) is 6.20. The molecule has 12 heteroatoms. The molecule has 0 spiro atoms. The number of halogens is 6. The van der Waals surface area contributed by atoms with Gasteiger partial charge in [-0.1, -0.05) is 52.6 Å². The molecule has 2 aromatic rings. The van der Waals surface area contributed by atoms with Crippen molar-refractivity contribution in [1.82, 2.24) is 0 Å². The van der Waals surface area contributed by atoms with Gasteiger partial charge in [0, 0.05) is 15.8 Å². The summed E-state index contributed by atoms with van der Waals surface area (Å²) in [5.74, 6) is 0.00408. The minimum absolute atomic E-state index is 0.0783. The van der Waals surface area contributed by atoms with E-state index in [0.717, 1.165) is 23.8 Å². The second-order valence-electron chi connectivity index (χ2n) is 7.18. The Labute approximate surface area is 196 Å². The van der Waals surface area contributed by atoms with Crippen LogP contribution in [0.4, 0.5) is 18.9 Å². The van der Waals surface area contributed by atoms with Gasteiger partial charge in [-0.05, 0) is 35.9 Å². The molecule has 0 N–H and O–H groups in total. The molecular weight excluding hydrogens is 516 g/mol. The van der Waals surface area contributed by atoms with Gasteiger partial charge in [0.1, 0.15) is 0 Å². The summed E-state index contributed by atoms with van der Waals surface area (Å²) in [6, 6.07) is 6.83. The van der Waals surface area contributed by atoms with Crippen molar-refractivity contribution in [1.29, 1.82) is 0 Å². The molecule has 2 atom stereocenters. The van der Waals surface area contributed by atoms with Crippen LogP contribution in [0.5, 0.6) is 0 Å². The highest BCUT2D eigenvalue weighted by atomic mass is 35.5. The van der Waals surface area contributed by atoms with Crippen molar-refractivity contribution in [2.24, 2.45) is 4.99 Å². The van der Waals surface area contributed by atoms with E-state index in [4.69, 9.17) is 34.8 Å². The van der Waals surface area contributed by atoms with Crippen molar-refractivity contribution in [2.75, 3.05) is 16.4 Å². The number of thioether (sulfide) groups is 1. The molecule has 4 rings (SSSR count). The van der Waals surface area contributed by atoms with Crippen LogP contribution in [0.3, 0.4) is 0 Å². The predicted octanol–water partition coefficient (Wildman–Crippen LogP) is 5.94. The van der Waals surface area contributed by atoms with E-state index in [1.54, 1.807) is 18.2 Å². The van der Waals surface area contributed by atoms with E-state index in [1.165, 1.54) is 16.7 Å². The normalized spacial score (nSPS) is 22.5. The van der Waals surface area contributed by atoms with E-state index < -0.39 is 33.7 Å². The van der Waals surface area contributed by atoms with Crippen LogP contribution in [-0.4, -0.2) is 37.2 Å². The molecule has 2 aliphatic rings. The number of amidine groups is 1.